The van der Waals surface area contributed by atoms with Crippen molar-refractivity contribution in [3.63, 3.8) is 0 Å². The monoisotopic (exact) mass is 401 g/mol. The van der Waals surface area contributed by atoms with Gasteiger partial charge in [0.25, 0.3) is 0 Å². The van der Waals surface area contributed by atoms with Gasteiger partial charge in [-0.2, -0.15) is 0 Å². The first-order valence-corrected chi connectivity index (χ1v) is 9.90. The molecule has 6 nitrogen and oxygen atoms in total. The number of nitrogens with two attached hydrogens (primary N) is 1. The van der Waals surface area contributed by atoms with Gasteiger partial charge in [0.1, 0.15) is 0 Å². The summed E-state index contributed by atoms with van der Waals surface area (Å²) in [5.74, 6) is 6.69. The fraction of sp³-hybridized carbons (Fsp3) is 0.211. The number of carbonyl (C=O) groups is 1. The maximum Gasteiger partial charge on any atom is 0.230 e. The van der Waals surface area contributed by atoms with Gasteiger partial charge in [0.15, 0.2) is 5.82 Å². The molecule has 0 unspecified atom stereocenters. The molecule has 0 bridgehead atoms. The minimum Gasteiger partial charge on any atom is -0.355 e. The van der Waals surface area contributed by atoms with Crippen LogP contribution in [0.2, 0.25) is 5.02 Å². The maximum atomic E-state index is 12.0. The predicted molar refractivity (Wildman–Crippen MR) is 109 cm³/mol. The molecule has 3 aromatic rings. The molecule has 8 heteroatoms. The lowest BCUT2D eigenvalue weighted by atomic mass is 10.1. The van der Waals surface area contributed by atoms with Gasteiger partial charge in [0.05, 0.1) is 10.8 Å². The lowest BCUT2D eigenvalue weighted by molar-refractivity contribution is -0.118. The third-order valence-electron chi connectivity index (χ3n) is 3.92. The number of halogens is 1. The van der Waals surface area contributed by atoms with Crippen molar-refractivity contribution < 1.29 is 4.79 Å². The third-order valence-corrected chi connectivity index (χ3v) is 5.19. The van der Waals surface area contributed by atoms with Gasteiger partial charge >= 0.3 is 0 Å². The van der Waals surface area contributed by atoms with Gasteiger partial charge < -0.3 is 11.2 Å². The molecule has 1 amide bonds. The van der Waals surface area contributed by atoms with Crippen LogP contribution in [0.4, 0.5) is 0 Å². The van der Waals surface area contributed by atoms with E-state index >= 15 is 0 Å². The molecule has 0 aliphatic carbocycles. The number of benzene rings is 2. The van der Waals surface area contributed by atoms with E-state index in [4.69, 9.17) is 17.4 Å². The molecule has 0 aliphatic rings. The lowest BCUT2D eigenvalue weighted by Crippen LogP contribution is -2.26. The Bertz CT molecular complexity index is 900. The Morgan fingerprint density at radius 3 is 2.63 bits per heavy atom. The summed E-state index contributed by atoms with van der Waals surface area (Å²) in [5, 5.41) is 12.1. The summed E-state index contributed by atoms with van der Waals surface area (Å²) < 4.78 is 1.36. The molecule has 0 radical (unpaired) electrons. The van der Waals surface area contributed by atoms with Gasteiger partial charge in [-0.1, -0.05) is 65.8 Å². The largest absolute Gasteiger partial charge is 0.355 e. The van der Waals surface area contributed by atoms with Gasteiger partial charge in [-0.15, -0.1) is 10.2 Å². The molecule has 0 aliphatic heterocycles. The van der Waals surface area contributed by atoms with Gasteiger partial charge in [-0.25, -0.2) is 4.68 Å². The zero-order chi connectivity index (χ0) is 19.1. The number of nitrogens with zero attached hydrogens (tertiary/aromatic N) is 3. The van der Waals surface area contributed by atoms with E-state index in [-0.39, 0.29) is 11.7 Å². The van der Waals surface area contributed by atoms with Crippen molar-refractivity contribution >= 4 is 29.3 Å². The molecule has 140 valence electrons. The van der Waals surface area contributed by atoms with Crippen LogP contribution in [-0.4, -0.2) is 33.1 Å². The molecule has 1 heterocycles. The number of nitrogens with one attached hydrogen (secondary N) is 1. The molecule has 0 saturated carbocycles. The molecule has 2 aromatic carbocycles. The molecule has 0 atom stereocenters. The van der Waals surface area contributed by atoms with E-state index in [1.54, 1.807) is 6.07 Å². The van der Waals surface area contributed by atoms with Crippen molar-refractivity contribution in [1.29, 1.82) is 0 Å². The number of amides is 1. The molecule has 3 rings (SSSR count). The average molecular weight is 402 g/mol. The van der Waals surface area contributed by atoms with Crippen LogP contribution >= 0.6 is 23.4 Å². The summed E-state index contributed by atoms with van der Waals surface area (Å²) in [6, 6.07) is 17.5. The minimum absolute atomic E-state index is 0.0599. The topological polar surface area (TPSA) is 85.8 Å². The first-order chi connectivity index (χ1) is 13.1. The highest BCUT2D eigenvalue weighted by molar-refractivity contribution is 7.99. The summed E-state index contributed by atoms with van der Waals surface area (Å²) >= 11 is 7.42. The van der Waals surface area contributed by atoms with E-state index in [0.717, 1.165) is 12.8 Å². The minimum atomic E-state index is -0.0599. The second-order valence-electron chi connectivity index (χ2n) is 5.88. The number of nitrogen functional groups attached to an aromatic ring is 1. The Balaban J connectivity index is 1.46. The number of hydrogen-bond acceptors (Lipinski definition) is 5. The zero-order valence-corrected chi connectivity index (χ0v) is 16.2. The van der Waals surface area contributed by atoms with Crippen molar-refractivity contribution in [2.24, 2.45) is 0 Å². The maximum absolute atomic E-state index is 12.0. The molecule has 0 saturated heterocycles. The van der Waals surface area contributed by atoms with Crippen LogP contribution in [0.15, 0.2) is 59.8 Å². The summed E-state index contributed by atoms with van der Waals surface area (Å²) in [4.78, 5) is 12.0. The Kier molecular flexibility index (Phi) is 6.73. The second-order valence-corrected chi connectivity index (χ2v) is 7.23. The Hall–Kier alpha value is -2.51. The number of hydrogen-bond donors (Lipinski definition) is 2. The van der Waals surface area contributed by atoms with Crippen molar-refractivity contribution in [2.75, 3.05) is 18.1 Å². The van der Waals surface area contributed by atoms with Crippen molar-refractivity contribution in [2.45, 2.75) is 18.0 Å². The molecule has 0 spiro atoms. The van der Waals surface area contributed by atoms with E-state index in [1.807, 2.05) is 36.4 Å². The predicted octanol–water partition coefficient (Wildman–Crippen LogP) is 3.15. The summed E-state index contributed by atoms with van der Waals surface area (Å²) in [6.07, 6.45) is 1.83. The smallest absolute Gasteiger partial charge is 0.230 e. The Morgan fingerprint density at radius 2 is 1.85 bits per heavy atom. The number of carbonyl (C=O) groups excluding carboxylic acids is 1. The fourth-order valence-corrected chi connectivity index (χ4v) is 3.45. The average Bonchev–Trinajstić information content (AvgIpc) is 3.05. The van der Waals surface area contributed by atoms with Crippen LogP contribution in [0, 0.1) is 0 Å². The second kappa shape index (κ2) is 9.43. The van der Waals surface area contributed by atoms with Crippen LogP contribution in [0.3, 0.4) is 0 Å². The van der Waals surface area contributed by atoms with Crippen LogP contribution in [0.5, 0.6) is 0 Å². The lowest BCUT2D eigenvalue weighted by Gasteiger charge is -2.06. The summed E-state index contributed by atoms with van der Waals surface area (Å²) in [5.41, 5.74) is 1.97. The third kappa shape index (κ3) is 5.24. The number of rotatable bonds is 8. The van der Waals surface area contributed by atoms with Gasteiger partial charge in [-0.05, 0) is 30.5 Å². The van der Waals surface area contributed by atoms with E-state index in [1.165, 1.54) is 22.0 Å². The van der Waals surface area contributed by atoms with Gasteiger partial charge in [-0.3, -0.25) is 4.79 Å². The van der Waals surface area contributed by atoms with E-state index in [9.17, 15) is 4.79 Å². The van der Waals surface area contributed by atoms with Crippen LogP contribution in [0.25, 0.3) is 11.4 Å². The van der Waals surface area contributed by atoms with Crippen molar-refractivity contribution in [3.05, 3.63) is 65.2 Å². The molecule has 1 aromatic heterocycles. The molecule has 3 N–H and O–H groups in total. The van der Waals surface area contributed by atoms with Crippen LogP contribution in [-0.2, 0) is 11.2 Å². The molecule has 27 heavy (non-hydrogen) atoms. The first-order valence-electron chi connectivity index (χ1n) is 8.54. The van der Waals surface area contributed by atoms with Crippen LogP contribution in [0.1, 0.15) is 12.0 Å². The highest BCUT2D eigenvalue weighted by atomic mass is 35.5. The quantitative estimate of drug-likeness (QED) is 0.344. The normalized spacial score (nSPS) is 10.7. The first kappa shape index (κ1) is 19.3. The van der Waals surface area contributed by atoms with Crippen molar-refractivity contribution in [3.8, 4) is 11.4 Å². The molecular weight excluding hydrogens is 382 g/mol. The van der Waals surface area contributed by atoms with E-state index in [0.29, 0.717) is 28.1 Å². The standard InChI is InChI=1S/C19H20ClN5OS/c20-16-11-5-4-10-15(16)18-23-24-19(25(18)21)27-13-17(26)22-12-6-9-14-7-2-1-3-8-14/h1-5,7-8,10-11H,6,9,12-13,21H2,(H,22,26). The SMILES string of the molecule is Nn1c(SCC(=O)NCCCc2ccccc2)nnc1-c1ccccc1Cl. The molecular formula is C19H20ClN5OS. The van der Waals surface area contributed by atoms with Gasteiger partial charge in [0, 0.05) is 12.1 Å². The zero-order valence-electron chi connectivity index (χ0n) is 14.6. The van der Waals surface area contributed by atoms with Crippen molar-refractivity contribution in [1.82, 2.24) is 20.2 Å². The van der Waals surface area contributed by atoms with E-state index < -0.39 is 0 Å². The van der Waals surface area contributed by atoms with Gasteiger partial charge in [0.2, 0.25) is 11.1 Å². The summed E-state index contributed by atoms with van der Waals surface area (Å²) in [6.45, 7) is 0.633. The Morgan fingerprint density at radius 1 is 1.11 bits per heavy atom. The highest BCUT2D eigenvalue weighted by Gasteiger charge is 2.15. The molecule has 0 fully saturated rings. The number of thioether (sulfide) groups is 1. The number of aromatic nitrogens is 3. The van der Waals surface area contributed by atoms with E-state index in [2.05, 4.69) is 27.6 Å². The van der Waals surface area contributed by atoms with Crippen LogP contribution < -0.4 is 11.2 Å². The Labute approximate surface area is 167 Å². The highest BCUT2D eigenvalue weighted by Crippen LogP contribution is 2.27. The number of aryl methyl sites for hydroxylation is 1. The summed E-state index contributed by atoms with van der Waals surface area (Å²) in [7, 11) is 0. The fourth-order valence-electron chi connectivity index (χ4n) is 2.55.